The number of anilines is 1. The van der Waals surface area contributed by atoms with Crippen molar-refractivity contribution < 1.29 is 22.7 Å². The summed E-state index contributed by atoms with van der Waals surface area (Å²) in [5.74, 6) is -0.663. The van der Waals surface area contributed by atoms with Crippen molar-refractivity contribution in [3.05, 3.63) is 23.5 Å². The Morgan fingerprint density at radius 2 is 2.10 bits per heavy atom. The van der Waals surface area contributed by atoms with Crippen LogP contribution in [0.1, 0.15) is 5.56 Å². The Labute approximate surface area is 118 Å². The number of aliphatic hydroxyl groups excluding tert-OH is 1. The summed E-state index contributed by atoms with van der Waals surface area (Å²) in [5, 5.41) is 9.58. The molecule has 20 heavy (non-hydrogen) atoms. The molecule has 1 atom stereocenters. The van der Waals surface area contributed by atoms with Crippen molar-refractivity contribution in [2.45, 2.75) is 17.9 Å². The number of ether oxygens (including phenoxy) is 1. The molecule has 0 fully saturated rings. The number of nitrogen functional groups attached to an aromatic ring is 1. The maximum atomic E-state index is 13.3. The molecular formula is C12H19FN2O4S. The summed E-state index contributed by atoms with van der Waals surface area (Å²) < 4.78 is 43.7. The van der Waals surface area contributed by atoms with E-state index in [0.29, 0.717) is 0 Å². The van der Waals surface area contributed by atoms with Crippen LogP contribution in [0.15, 0.2) is 17.0 Å². The summed E-state index contributed by atoms with van der Waals surface area (Å²) >= 11 is 0. The van der Waals surface area contributed by atoms with Crippen molar-refractivity contribution in [1.82, 2.24) is 4.31 Å². The number of halogens is 1. The van der Waals surface area contributed by atoms with E-state index in [1.165, 1.54) is 21.1 Å². The van der Waals surface area contributed by atoms with Crippen LogP contribution in [-0.4, -0.2) is 51.2 Å². The Morgan fingerprint density at radius 3 is 2.65 bits per heavy atom. The summed E-state index contributed by atoms with van der Waals surface area (Å²) in [7, 11) is -1.12. The van der Waals surface area contributed by atoms with Gasteiger partial charge in [-0.15, -0.1) is 0 Å². The van der Waals surface area contributed by atoms with Gasteiger partial charge in [0.15, 0.2) is 0 Å². The fourth-order valence-electron chi connectivity index (χ4n) is 1.75. The van der Waals surface area contributed by atoms with Gasteiger partial charge >= 0.3 is 0 Å². The fourth-order valence-corrected chi connectivity index (χ4v) is 3.20. The van der Waals surface area contributed by atoms with Gasteiger partial charge in [-0.1, -0.05) is 0 Å². The number of hydrogen-bond donors (Lipinski definition) is 2. The first-order chi connectivity index (χ1) is 9.20. The molecule has 0 saturated carbocycles. The zero-order valence-corrected chi connectivity index (χ0v) is 12.4. The van der Waals surface area contributed by atoms with Gasteiger partial charge in [0.1, 0.15) is 5.82 Å². The number of nitrogens with zero attached hydrogens (tertiary/aromatic N) is 1. The number of aryl methyl sites for hydroxylation is 1. The van der Waals surface area contributed by atoms with Gasteiger partial charge in [0.2, 0.25) is 10.0 Å². The summed E-state index contributed by atoms with van der Waals surface area (Å²) in [6.07, 6.45) is -0.946. The quantitative estimate of drug-likeness (QED) is 0.740. The number of benzene rings is 1. The summed E-state index contributed by atoms with van der Waals surface area (Å²) in [6.45, 7) is 1.37. The number of nitrogens with two attached hydrogens (primary N) is 1. The van der Waals surface area contributed by atoms with Gasteiger partial charge in [0.05, 0.1) is 23.3 Å². The summed E-state index contributed by atoms with van der Waals surface area (Å²) in [4.78, 5) is -0.0801. The lowest BCUT2D eigenvalue weighted by Gasteiger charge is -2.21. The van der Waals surface area contributed by atoms with Crippen LogP contribution in [0.3, 0.4) is 0 Å². The highest BCUT2D eigenvalue weighted by molar-refractivity contribution is 7.89. The van der Waals surface area contributed by atoms with Gasteiger partial charge in [-0.2, -0.15) is 4.31 Å². The lowest BCUT2D eigenvalue weighted by Crippen LogP contribution is -2.36. The average molecular weight is 306 g/mol. The average Bonchev–Trinajstić information content (AvgIpc) is 2.33. The van der Waals surface area contributed by atoms with Gasteiger partial charge in [-0.05, 0) is 24.6 Å². The van der Waals surface area contributed by atoms with E-state index in [4.69, 9.17) is 10.5 Å². The first-order valence-electron chi connectivity index (χ1n) is 5.89. The molecule has 3 N–H and O–H groups in total. The fraction of sp³-hybridized carbons (Fsp3) is 0.500. The Kier molecular flexibility index (Phi) is 5.46. The van der Waals surface area contributed by atoms with Crippen LogP contribution in [0, 0.1) is 12.7 Å². The highest BCUT2D eigenvalue weighted by Crippen LogP contribution is 2.24. The molecule has 8 heteroatoms. The predicted molar refractivity (Wildman–Crippen MR) is 73.2 cm³/mol. The van der Waals surface area contributed by atoms with E-state index in [1.54, 1.807) is 0 Å². The third-order valence-corrected chi connectivity index (χ3v) is 4.77. The van der Waals surface area contributed by atoms with Crippen molar-refractivity contribution in [3.63, 3.8) is 0 Å². The minimum atomic E-state index is -3.85. The molecule has 0 aliphatic rings. The zero-order chi connectivity index (χ0) is 15.5. The lowest BCUT2D eigenvalue weighted by atomic mass is 10.2. The normalized spacial score (nSPS) is 13.7. The minimum absolute atomic E-state index is 0.0183. The topological polar surface area (TPSA) is 92.9 Å². The molecule has 0 aromatic heterocycles. The van der Waals surface area contributed by atoms with Gasteiger partial charge < -0.3 is 15.6 Å². The molecule has 0 amide bonds. The second-order valence-electron chi connectivity index (χ2n) is 4.53. The van der Waals surface area contributed by atoms with Crippen molar-refractivity contribution in [2.75, 3.05) is 33.0 Å². The van der Waals surface area contributed by atoms with E-state index in [2.05, 4.69) is 0 Å². The molecule has 0 spiro atoms. The first-order valence-corrected chi connectivity index (χ1v) is 7.33. The predicted octanol–water partition coefficient (Wildman–Crippen LogP) is 0.344. The molecule has 114 valence electrons. The summed E-state index contributed by atoms with van der Waals surface area (Å²) in [5.41, 5.74) is 5.43. The van der Waals surface area contributed by atoms with Gasteiger partial charge in [-0.3, -0.25) is 0 Å². The van der Waals surface area contributed by atoms with Crippen molar-refractivity contribution in [3.8, 4) is 0 Å². The minimum Gasteiger partial charge on any atom is -0.396 e. The van der Waals surface area contributed by atoms with E-state index in [9.17, 15) is 17.9 Å². The highest BCUT2D eigenvalue weighted by atomic mass is 32.2. The van der Waals surface area contributed by atoms with Crippen molar-refractivity contribution in [1.29, 1.82) is 0 Å². The Bertz CT molecular complexity index is 577. The number of sulfonamides is 1. The van der Waals surface area contributed by atoms with Crippen LogP contribution < -0.4 is 5.73 Å². The van der Waals surface area contributed by atoms with Gasteiger partial charge in [0.25, 0.3) is 0 Å². The lowest BCUT2D eigenvalue weighted by molar-refractivity contribution is 0.0554. The van der Waals surface area contributed by atoms with Crippen LogP contribution >= 0.6 is 0 Å². The van der Waals surface area contributed by atoms with Crippen LogP contribution in [-0.2, 0) is 14.8 Å². The zero-order valence-electron chi connectivity index (χ0n) is 11.6. The third-order valence-electron chi connectivity index (χ3n) is 2.81. The van der Waals surface area contributed by atoms with Crippen LogP contribution in [0.2, 0.25) is 0 Å². The van der Waals surface area contributed by atoms with E-state index >= 15 is 0 Å². The van der Waals surface area contributed by atoms with Crippen LogP contribution in [0.25, 0.3) is 0 Å². The molecule has 1 unspecified atom stereocenters. The smallest absolute Gasteiger partial charge is 0.243 e. The Hall–Kier alpha value is -1.22. The number of aliphatic hydroxyl groups is 1. The standard InChI is InChI=1S/C12H19FN2O4S/c1-8-4-10(13)11(14)5-12(8)20(17,18)15(2)6-9(16)7-19-3/h4-5,9,16H,6-7,14H2,1-3H3. The van der Waals surface area contributed by atoms with Gasteiger partial charge in [0, 0.05) is 20.7 Å². The molecule has 0 radical (unpaired) electrons. The van der Waals surface area contributed by atoms with E-state index < -0.39 is 21.9 Å². The molecule has 1 aromatic carbocycles. The monoisotopic (exact) mass is 306 g/mol. The third kappa shape index (κ3) is 3.66. The van der Waals surface area contributed by atoms with Crippen molar-refractivity contribution in [2.24, 2.45) is 0 Å². The van der Waals surface area contributed by atoms with E-state index in [-0.39, 0.29) is 29.3 Å². The molecule has 6 nitrogen and oxygen atoms in total. The molecule has 0 bridgehead atoms. The maximum Gasteiger partial charge on any atom is 0.243 e. The van der Waals surface area contributed by atoms with Crippen LogP contribution in [0.5, 0.6) is 0 Å². The second-order valence-corrected chi connectivity index (χ2v) is 6.55. The largest absolute Gasteiger partial charge is 0.396 e. The number of hydrogen-bond acceptors (Lipinski definition) is 5. The number of likely N-dealkylation sites (N-methyl/N-ethyl adjacent to an activating group) is 1. The molecule has 1 aromatic rings. The highest BCUT2D eigenvalue weighted by Gasteiger charge is 2.25. The number of rotatable bonds is 6. The molecule has 0 saturated heterocycles. The molecule has 1 rings (SSSR count). The summed E-state index contributed by atoms with van der Waals surface area (Å²) in [6, 6.07) is 2.15. The number of methoxy groups -OCH3 is 1. The van der Waals surface area contributed by atoms with E-state index in [0.717, 1.165) is 16.4 Å². The van der Waals surface area contributed by atoms with Gasteiger partial charge in [-0.25, -0.2) is 12.8 Å². The molecule has 0 heterocycles. The molecule has 0 aliphatic heterocycles. The Morgan fingerprint density at radius 1 is 1.50 bits per heavy atom. The molecular weight excluding hydrogens is 287 g/mol. The second kappa shape index (κ2) is 6.49. The SMILES string of the molecule is COCC(O)CN(C)S(=O)(=O)c1cc(N)c(F)cc1C. The molecule has 0 aliphatic carbocycles. The Balaban J connectivity index is 3.07. The van der Waals surface area contributed by atoms with Crippen molar-refractivity contribution >= 4 is 15.7 Å². The maximum absolute atomic E-state index is 13.3. The van der Waals surface area contributed by atoms with Crippen LogP contribution in [0.4, 0.5) is 10.1 Å². The first kappa shape index (κ1) is 16.8. The van der Waals surface area contributed by atoms with E-state index in [1.807, 2.05) is 0 Å².